The molecule has 19 heavy (non-hydrogen) atoms. The van der Waals surface area contributed by atoms with Crippen LogP contribution in [0.3, 0.4) is 0 Å². The molecule has 0 saturated heterocycles. The first-order chi connectivity index (χ1) is 8.51. The van der Waals surface area contributed by atoms with Crippen LogP contribution in [0.5, 0.6) is 0 Å². The number of sulfonamides is 1. The second kappa shape index (κ2) is 5.68. The summed E-state index contributed by atoms with van der Waals surface area (Å²) in [7, 11) is -2.03. The lowest BCUT2D eigenvalue weighted by atomic mass is 10.2. The van der Waals surface area contributed by atoms with Gasteiger partial charge in [-0.05, 0) is 36.6 Å². The van der Waals surface area contributed by atoms with E-state index in [-0.39, 0.29) is 16.6 Å². The van der Waals surface area contributed by atoms with Gasteiger partial charge in [-0.25, -0.2) is 16.8 Å². The van der Waals surface area contributed by atoms with Crippen molar-refractivity contribution in [3.63, 3.8) is 0 Å². The highest BCUT2D eigenvalue weighted by Gasteiger charge is 2.16. The zero-order valence-electron chi connectivity index (χ0n) is 10.8. The Morgan fingerprint density at radius 3 is 2.21 bits per heavy atom. The van der Waals surface area contributed by atoms with Gasteiger partial charge in [0.2, 0.25) is 10.0 Å². The Bertz CT molecular complexity index is 666. The van der Waals surface area contributed by atoms with Gasteiger partial charge in [0.25, 0.3) is 9.05 Å². The number of rotatable bonds is 5. The fourth-order valence-electron chi connectivity index (χ4n) is 1.55. The Morgan fingerprint density at radius 1 is 1.21 bits per heavy atom. The van der Waals surface area contributed by atoms with Crippen LogP contribution in [0.25, 0.3) is 0 Å². The summed E-state index contributed by atoms with van der Waals surface area (Å²) in [5.74, 6) is 0.00226. The van der Waals surface area contributed by atoms with E-state index in [1.807, 2.05) is 0 Å². The molecule has 0 amide bonds. The molecule has 0 aliphatic rings. The molecule has 1 N–H and O–H groups in total. The Hall–Kier alpha value is -0.790. The van der Waals surface area contributed by atoms with E-state index in [0.29, 0.717) is 11.3 Å². The standard InChI is InChI=1S/C11H16ClNO4S2/c1-8(2)7-18(14,15)13-11-5-4-10(6-9(11)3)19(12,16)17/h4-6,8,13H,7H2,1-3H3. The molecule has 0 unspecified atom stereocenters. The normalized spacial score (nSPS) is 12.7. The molecule has 0 aromatic heterocycles. The lowest BCUT2D eigenvalue weighted by molar-refractivity contribution is 0.587. The van der Waals surface area contributed by atoms with E-state index >= 15 is 0 Å². The third kappa shape index (κ3) is 5.00. The van der Waals surface area contributed by atoms with E-state index in [9.17, 15) is 16.8 Å². The minimum Gasteiger partial charge on any atom is -0.283 e. The molecule has 0 fully saturated rings. The molecule has 0 atom stereocenters. The van der Waals surface area contributed by atoms with Crippen LogP contribution in [-0.2, 0) is 19.1 Å². The van der Waals surface area contributed by atoms with E-state index in [1.165, 1.54) is 18.2 Å². The maximum atomic E-state index is 11.8. The molecule has 0 bridgehead atoms. The lowest BCUT2D eigenvalue weighted by Gasteiger charge is -2.12. The van der Waals surface area contributed by atoms with Crippen LogP contribution < -0.4 is 4.72 Å². The largest absolute Gasteiger partial charge is 0.283 e. The zero-order valence-corrected chi connectivity index (χ0v) is 13.2. The number of hydrogen-bond acceptors (Lipinski definition) is 4. The van der Waals surface area contributed by atoms with Crippen molar-refractivity contribution in [2.24, 2.45) is 5.92 Å². The molecule has 0 radical (unpaired) electrons. The van der Waals surface area contributed by atoms with Gasteiger partial charge in [-0.1, -0.05) is 13.8 Å². The highest BCUT2D eigenvalue weighted by Crippen LogP contribution is 2.23. The SMILES string of the molecule is Cc1cc(S(=O)(=O)Cl)ccc1NS(=O)(=O)CC(C)C. The summed E-state index contributed by atoms with van der Waals surface area (Å²) in [6.45, 7) is 5.21. The third-order valence-corrected chi connectivity index (χ3v) is 5.29. The molecule has 108 valence electrons. The van der Waals surface area contributed by atoms with Crippen LogP contribution in [0.1, 0.15) is 19.4 Å². The molecular formula is C11H16ClNO4S2. The summed E-state index contributed by atoms with van der Waals surface area (Å²) in [5.41, 5.74) is 0.846. The number of nitrogens with one attached hydrogen (secondary N) is 1. The third-order valence-electron chi connectivity index (χ3n) is 2.30. The van der Waals surface area contributed by atoms with Gasteiger partial charge in [0, 0.05) is 10.7 Å². The van der Waals surface area contributed by atoms with Crippen molar-refractivity contribution >= 4 is 35.4 Å². The van der Waals surface area contributed by atoms with Crippen molar-refractivity contribution < 1.29 is 16.8 Å². The Morgan fingerprint density at radius 2 is 1.79 bits per heavy atom. The number of halogens is 1. The monoisotopic (exact) mass is 325 g/mol. The number of hydrogen-bond donors (Lipinski definition) is 1. The van der Waals surface area contributed by atoms with Crippen molar-refractivity contribution in [3.8, 4) is 0 Å². The summed E-state index contributed by atoms with van der Waals surface area (Å²) in [6, 6.07) is 3.99. The minimum absolute atomic E-state index is 0.000277. The second-order valence-electron chi connectivity index (χ2n) is 4.69. The first-order valence-corrected chi connectivity index (χ1v) is 9.53. The first-order valence-electron chi connectivity index (χ1n) is 5.57. The molecule has 0 aliphatic carbocycles. The van der Waals surface area contributed by atoms with Gasteiger partial charge in [0.05, 0.1) is 16.3 Å². The topological polar surface area (TPSA) is 80.3 Å². The van der Waals surface area contributed by atoms with E-state index < -0.39 is 19.1 Å². The highest BCUT2D eigenvalue weighted by atomic mass is 35.7. The van der Waals surface area contributed by atoms with E-state index in [1.54, 1.807) is 20.8 Å². The first kappa shape index (κ1) is 16.3. The molecule has 0 spiro atoms. The molecule has 0 aliphatic heterocycles. The van der Waals surface area contributed by atoms with Crippen LogP contribution in [0.15, 0.2) is 23.1 Å². The molecular weight excluding hydrogens is 310 g/mol. The zero-order chi connectivity index (χ0) is 14.8. The maximum absolute atomic E-state index is 11.8. The molecule has 5 nitrogen and oxygen atoms in total. The van der Waals surface area contributed by atoms with Gasteiger partial charge in [-0.15, -0.1) is 0 Å². The van der Waals surface area contributed by atoms with Crippen LogP contribution in [0.2, 0.25) is 0 Å². The number of aryl methyl sites for hydroxylation is 1. The summed E-state index contributed by atoms with van der Waals surface area (Å²) in [6.07, 6.45) is 0. The van der Waals surface area contributed by atoms with Crippen molar-refractivity contribution in [1.29, 1.82) is 0 Å². The smallest absolute Gasteiger partial charge is 0.261 e. The van der Waals surface area contributed by atoms with Crippen LogP contribution >= 0.6 is 10.7 Å². The van der Waals surface area contributed by atoms with Gasteiger partial charge in [0.1, 0.15) is 0 Å². The Labute approximate surface area is 118 Å². The van der Waals surface area contributed by atoms with E-state index in [2.05, 4.69) is 4.72 Å². The summed E-state index contributed by atoms with van der Waals surface area (Å²) in [5, 5.41) is 0. The minimum atomic E-state index is -3.81. The maximum Gasteiger partial charge on any atom is 0.261 e. The predicted octanol–water partition coefficient (Wildman–Crippen LogP) is 2.32. The van der Waals surface area contributed by atoms with E-state index in [0.717, 1.165) is 0 Å². The van der Waals surface area contributed by atoms with Crippen molar-refractivity contribution in [3.05, 3.63) is 23.8 Å². The predicted molar refractivity (Wildman–Crippen MR) is 76.5 cm³/mol. The van der Waals surface area contributed by atoms with Crippen LogP contribution in [0, 0.1) is 12.8 Å². The van der Waals surface area contributed by atoms with Gasteiger partial charge in [-0.3, -0.25) is 4.72 Å². The highest BCUT2D eigenvalue weighted by molar-refractivity contribution is 8.13. The number of benzene rings is 1. The molecule has 1 rings (SSSR count). The van der Waals surface area contributed by atoms with Crippen molar-refractivity contribution in [2.45, 2.75) is 25.7 Å². The quantitative estimate of drug-likeness (QED) is 0.842. The second-order valence-corrected chi connectivity index (χ2v) is 9.02. The lowest BCUT2D eigenvalue weighted by Crippen LogP contribution is -2.20. The molecule has 8 heteroatoms. The summed E-state index contributed by atoms with van der Waals surface area (Å²) in [4.78, 5) is -0.0570. The van der Waals surface area contributed by atoms with Gasteiger partial charge < -0.3 is 0 Å². The van der Waals surface area contributed by atoms with Crippen molar-refractivity contribution in [2.75, 3.05) is 10.5 Å². The summed E-state index contributed by atoms with van der Waals surface area (Å²) < 4.78 is 48.3. The Balaban J connectivity index is 3.06. The Kier molecular flexibility index (Phi) is 4.86. The molecule has 1 aromatic rings. The fraction of sp³-hybridized carbons (Fsp3) is 0.455. The fourth-order valence-corrected chi connectivity index (χ4v) is 3.91. The van der Waals surface area contributed by atoms with E-state index in [4.69, 9.17) is 10.7 Å². The number of anilines is 1. The molecule has 0 saturated carbocycles. The molecule has 1 aromatic carbocycles. The van der Waals surface area contributed by atoms with Gasteiger partial charge >= 0.3 is 0 Å². The average Bonchev–Trinajstić information content (AvgIpc) is 2.16. The van der Waals surface area contributed by atoms with Crippen LogP contribution in [-0.4, -0.2) is 22.6 Å². The summed E-state index contributed by atoms with van der Waals surface area (Å²) >= 11 is 0. The molecule has 0 heterocycles. The van der Waals surface area contributed by atoms with Crippen molar-refractivity contribution in [1.82, 2.24) is 0 Å². The van der Waals surface area contributed by atoms with Gasteiger partial charge in [-0.2, -0.15) is 0 Å². The average molecular weight is 326 g/mol. The van der Waals surface area contributed by atoms with Crippen LogP contribution in [0.4, 0.5) is 5.69 Å². The van der Waals surface area contributed by atoms with Gasteiger partial charge in [0.15, 0.2) is 0 Å².